The van der Waals surface area contributed by atoms with Crippen molar-refractivity contribution >= 4 is 40.3 Å². The molecule has 0 spiro atoms. The van der Waals surface area contributed by atoms with Crippen molar-refractivity contribution in [3.63, 3.8) is 0 Å². The number of anilines is 1. The lowest BCUT2D eigenvalue weighted by Crippen LogP contribution is -2.35. The van der Waals surface area contributed by atoms with Crippen molar-refractivity contribution in [2.75, 3.05) is 18.9 Å². The zero-order chi connectivity index (χ0) is 25.9. The van der Waals surface area contributed by atoms with E-state index < -0.39 is 11.7 Å². The average Bonchev–Trinajstić information content (AvgIpc) is 3.23. The Morgan fingerprint density at radius 3 is 2.42 bits per heavy atom. The monoisotopic (exact) mass is 505 g/mol. The van der Waals surface area contributed by atoms with Crippen LogP contribution < -0.4 is 5.32 Å². The fraction of sp³-hybridized carbons (Fsp3) is 0.259. The van der Waals surface area contributed by atoms with Gasteiger partial charge in [0, 0.05) is 43.1 Å². The molecule has 2 aromatic carbocycles. The number of fused-ring (bicyclic) bond motifs is 1. The standard InChI is InChI=1S/C27H28ClN5O3/c1-27(2,3)36-26(35)32(4)15-14-22(34)31-19-12-10-18(11-13-19)21-16-33(20-8-6-5-7-9-20)25-23(21)24(28)29-17-30-25/h5-13,16-17H,14-15H2,1-4H3,(H,31,34). The normalized spacial score (nSPS) is 11.4. The molecule has 0 unspecified atom stereocenters. The number of halogens is 1. The van der Waals surface area contributed by atoms with Crippen LogP contribution in [0.4, 0.5) is 10.5 Å². The predicted molar refractivity (Wildman–Crippen MR) is 141 cm³/mol. The zero-order valence-electron chi connectivity index (χ0n) is 20.7. The van der Waals surface area contributed by atoms with Gasteiger partial charge in [-0.1, -0.05) is 41.9 Å². The zero-order valence-corrected chi connectivity index (χ0v) is 21.4. The summed E-state index contributed by atoms with van der Waals surface area (Å²) in [6.45, 7) is 5.65. The van der Waals surface area contributed by atoms with Crippen LogP contribution in [-0.4, -0.2) is 50.6 Å². The molecule has 9 heteroatoms. The highest BCUT2D eigenvalue weighted by Crippen LogP contribution is 2.35. The highest BCUT2D eigenvalue weighted by Gasteiger charge is 2.20. The molecule has 0 bridgehead atoms. The van der Waals surface area contributed by atoms with Gasteiger partial charge < -0.3 is 19.5 Å². The Kier molecular flexibility index (Phi) is 7.26. The van der Waals surface area contributed by atoms with Crippen LogP contribution in [0.1, 0.15) is 27.2 Å². The molecule has 186 valence electrons. The molecule has 2 heterocycles. The first-order valence-corrected chi connectivity index (χ1v) is 11.9. The number of nitrogens with zero attached hydrogens (tertiary/aromatic N) is 4. The number of carbonyl (C=O) groups is 2. The van der Waals surface area contributed by atoms with Gasteiger partial charge in [-0.3, -0.25) is 4.79 Å². The van der Waals surface area contributed by atoms with Gasteiger partial charge >= 0.3 is 6.09 Å². The van der Waals surface area contributed by atoms with Gasteiger partial charge in [-0.15, -0.1) is 0 Å². The van der Waals surface area contributed by atoms with E-state index in [2.05, 4.69) is 15.3 Å². The van der Waals surface area contributed by atoms with E-state index in [0.717, 1.165) is 22.2 Å². The number of rotatable bonds is 6. The van der Waals surface area contributed by atoms with E-state index >= 15 is 0 Å². The number of ether oxygens (including phenoxy) is 1. The van der Waals surface area contributed by atoms with Crippen LogP contribution in [0.15, 0.2) is 67.1 Å². The molecule has 0 aliphatic heterocycles. The van der Waals surface area contributed by atoms with E-state index in [1.807, 2.05) is 65.4 Å². The van der Waals surface area contributed by atoms with Gasteiger partial charge in [0.05, 0.1) is 5.39 Å². The summed E-state index contributed by atoms with van der Waals surface area (Å²) in [6.07, 6.45) is 3.12. The quantitative estimate of drug-likeness (QED) is 0.328. The number of nitrogens with one attached hydrogen (secondary N) is 1. The van der Waals surface area contributed by atoms with E-state index in [4.69, 9.17) is 16.3 Å². The molecule has 0 fully saturated rings. The minimum Gasteiger partial charge on any atom is -0.444 e. The fourth-order valence-electron chi connectivity index (χ4n) is 3.69. The summed E-state index contributed by atoms with van der Waals surface area (Å²) >= 11 is 6.47. The minimum atomic E-state index is -0.584. The summed E-state index contributed by atoms with van der Waals surface area (Å²) in [5, 5.41) is 4.00. The number of para-hydroxylation sites is 1. The molecule has 36 heavy (non-hydrogen) atoms. The second-order valence-electron chi connectivity index (χ2n) is 9.39. The van der Waals surface area contributed by atoms with Crippen molar-refractivity contribution in [1.29, 1.82) is 0 Å². The van der Waals surface area contributed by atoms with Gasteiger partial charge in [0.15, 0.2) is 0 Å². The Bertz CT molecular complexity index is 1380. The average molecular weight is 506 g/mol. The summed E-state index contributed by atoms with van der Waals surface area (Å²) in [7, 11) is 1.61. The van der Waals surface area contributed by atoms with E-state index in [1.165, 1.54) is 11.2 Å². The van der Waals surface area contributed by atoms with E-state index in [-0.39, 0.29) is 18.9 Å². The van der Waals surface area contributed by atoms with Crippen molar-refractivity contribution in [2.45, 2.75) is 32.8 Å². The molecule has 2 aromatic heterocycles. The van der Waals surface area contributed by atoms with Crippen molar-refractivity contribution < 1.29 is 14.3 Å². The van der Waals surface area contributed by atoms with Crippen LogP contribution >= 0.6 is 11.6 Å². The van der Waals surface area contributed by atoms with Crippen LogP contribution in [-0.2, 0) is 9.53 Å². The van der Waals surface area contributed by atoms with Crippen molar-refractivity contribution in [3.05, 3.63) is 72.3 Å². The molecule has 4 rings (SSSR count). The molecule has 2 amide bonds. The smallest absolute Gasteiger partial charge is 0.410 e. The minimum absolute atomic E-state index is 0.148. The molecular formula is C27H28ClN5O3. The Labute approximate surface area is 214 Å². The van der Waals surface area contributed by atoms with Gasteiger partial charge in [-0.05, 0) is 50.6 Å². The lowest BCUT2D eigenvalue weighted by Gasteiger charge is -2.24. The summed E-state index contributed by atoms with van der Waals surface area (Å²) in [5.41, 5.74) is 3.54. The molecular weight excluding hydrogens is 478 g/mol. The summed E-state index contributed by atoms with van der Waals surface area (Å²) < 4.78 is 7.29. The third kappa shape index (κ3) is 5.83. The first kappa shape index (κ1) is 25.2. The van der Waals surface area contributed by atoms with Crippen LogP contribution in [0.3, 0.4) is 0 Å². The number of hydrogen-bond donors (Lipinski definition) is 1. The molecule has 0 saturated carbocycles. The maximum Gasteiger partial charge on any atom is 0.410 e. The molecule has 0 saturated heterocycles. The van der Waals surface area contributed by atoms with Crippen molar-refractivity contribution in [3.8, 4) is 16.8 Å². The Balaban J connectivity index is 1.48. The molecule has 0 radical (unpaired) electrons. The number of benzene rings is 2. The molecule has 4 aromatic rings. The molecule has 8 nitrogen and oxygen atoms in total. The summed E-state index contributed by atoms with van der Waals surface area (Å²) in [5.74, 6) is -0.199. The topological polar surface area (TPSA) is 89.4 Å². The van der Waals surface area contributed by atoms with Crippen LogP contribution in [0.25, 0.3) is 27.8 Å². The fourth-order valence-corrected chi connectivity index (χ4v) is 3.92. The van der Waals surface area contributed by atoms with E-state index in [0.29, 0.717) is 16.5 Å². The number of hydrogen-bond acceptors (Lipinski definition) is 5. The Hall–Kier alpha value is -3.91. The van der Waals surface area contributed by atoms with Crippen LogP contribution in [0.5, 0.6) is 0 Å². The van der Waals surface area contributed by atoms with Gasteiger partial charge in [0.2, 0.25) is 5.91 Å². The summed E-state index contributed by atoms with van der Waals surface area (Å²) in [6, 6.07) is 17.4. The van der Waals surface area contributed by atoms with Gasteiger partial charge in [-0.2, -0.15) is 0 Å². The highest BCUT2D eigenvalue weighted by molar-refractivity contribution is 6.35. The second-order valence-corrected chi connectivity index (χ2v) is 9.75. The predicted octanol–water partition coefficient (Wildman–Crippen LogP) is 5.94. The van der Waals surface area contributed by atoms with Gasteiger partial charge in [-0.25, -0.2) is 14.8 Å². The first-order valence-electron chi connectivity index (χ1n) is 11.5. The molecule has 0 aliphatic carbocycles. The highest BCUT2D eigenvalue weighted by atomic mass is 35.5. The van der Waals surface area contributed by atoms with E-state index in [9.17, 15) is 9.59 Å². The number of aromatic nitrogens is 3. The maximum absolute atomic E-state index is 12.4. The third-order valence-corrected chi connectivity index (χ3v) is 5.72. The lowest BCUT2D eigenvalue weighted by molar-refractivity contribution is -0.116. The Morgan fingerprint density at radius 1 is 1.06 bits per heavy atom. The first-order chi connectivity index (χ1) is 17.1. The molecule has 1 N–H and O–H groups in total. The lowest BCUT2D eigenvalue weighted by atomic mass is 10.1. The summed E-state index contributed by atoms with van der Waals surface area (Å²) in [4.78, 5) is 34.5. The number of amides is 2. The SMILES string of the molecule is CN(CCC(=O)Nc1ccc(-c2cn(-c3ccccc3)c3ncnc(Cl)c23)cc1)C(=O)OC(C)(C)C. The van der Waals surface area contributed by atoms with Crippen LogP contribution in [0, 0.1) is 0 Å². The maximum atomic E-state index is 12.4. The van der Waals surface area contributed by atoms with Gasteiger partial charge in [0.1, 0.15) is 22.7 Å². The molecule has 0 aliphatic rings. The Morgan fingerprint density at radius 2 is 1.75 bits per heavy atom. The van der Waals surface area contributed by atoms with Crippen molar-refractivity contribution in [2.24, 2.45) is 0 Å². The third-order valence-electron chi connectivity index (χ3n) is 5.43. The van der Waals surface area contributed by atoms with Crippen LogP contribution in [0.2, 0.25) is 5.15 Å². The number of carbonyl (C=O) groups excluding carboxylic acids is 2. The van der Waals surface area contributed by atoms with Crippen molar-refractivity contribution in [1.82, 2.24) is 19.4 Å². The van der Waals surface area contributed by atoms with E-state index in [1.54, 1.807) is 27.8 Å². The van der Waals surface area contributed by atoms with Gasteiger partial charge in [0.25, 0.3) is 0 Å². The molecule has 0 atom stereocenters. The largest absolute Gasteiger partial charge is 0.444 e. The second kappa shape index (κ2) is 10.4.